The molecule has 0 aromatic carbocycles. The monoisotopic (exact) mass is 197 g/mol. The van der Waals surface area contributed by atoms with Crippen molar-refractivity contribution in [2.75, 3.05) is 0 Å². The van der Waals surface area contributed by atoms with Crippen LogP contribution in [0.4, 0.5) is 0 Å². The van der Waals surface area contributed by atoms with Crippen LogP contribution in [-0.4, -0.2) is 16.2 Å². The van der Waals surface area contributed by atoms with Gasteiger partial charge in [-0.1, -0.05) is 12.8 Å². The van der Waals surface area contributed by atoms with Gasteiger partial charge in [-0.3, -0.25) is 0 Å². The summed E-state index contributed by atoms with van der Waals surface area (Å²) in [5.41, 5.74) is 0. The summed E-state index contributed by atoms with van der Waals surface area (Å²) in [6, 6.07) is 0. The Morgan fingerprint density at radius 3 is 2.92 bits per heavy atom. The molecule has 72 valence electrons. The van der Waals surface area contributed by atoms with Crippen LogP contribution in [0, 0.1) is 5.92 Å². The number of thiazole rings is 1. The second-order valence-electron chi connectivity index (χ2n) is 3.74. The van der Waals surface area contributed by atoms with Gasteiger partial charge in [-0.2, -0.15) is 0 Å². The minimum atomic E-state index is -0.159. The summed E-state index contributed by atoms with van der Waals surface area (Å²) in [6.07, 6.45) is 7.38. The lowest BCUT2D eigenvalue weighted by atomic mass is 9.99. The molecule has 0 radical (unpaired) electrons. The van der Waals surface area contributed by atoms with Crippen LogP contribution in [0.5, 0.6) is 0 Å². The molecule has 3 heteroatoms. The second-order valence-corrected chi connectivity index (χ2v) is 4.72. The first-order valence-corrected chi connectivity index (χ1v) is 5.80. The summed E-state index contributed by atoms with van der Waals surface area (Å²) in [4.78, 5) is 4.19. The molecule has 1 fully saturated rings. The molecular formula is C10H15NOS. The Bertz CT molecular complexity index is 241. The topological polar surface area (TPSA) is 33.1 Å². The maximum absolute atomic E-state index is 9.89. The Kier molecular flexibility index (Phi) is 2.96. The summed E-state index contributed by atoms with van der Waals surface area (Å²) < 4.78 is 0. The largest absolute Gasteiger partial charge is 0.392 e. The Labute approximate surface area is 82.6 Å². The Hall–Kier alpha value is -0.410. The van der Waals surface area contributed by atoms with Gasteiger partial charge in [0.2, 0.25) is 0 Å². The molecule has 0 amide bonds. The van der Waals surface area contributed by atoms with Crippen molar-refractivity contribution in [1.29, 1.82) is 0 Å². The molecule has 0 spiro atoms. The second kappa shape index (κ2) is 4.20. The maximum Gasteiger partial charge on any atom is 0.0950 e. The van der Waals surface area contributed by atoms with Crippen molar-refractivity contribution in [1.82, 2.24) is 4.98 Å². The third kappa shape index (κ3) is 2.29. The number of hydrogen-bond acceptors (Lipinski definition) is 3. The van der Waals surface area contributed by atoms with Gasteiger partial charge in [-0.15, -0.1) is 11.3 Å². The van der Waals surface area contributed by atoms with Gasteiger partial charge < -0.3 is 5.11 Å². The van der Waals surface area contributed by atoms with Gasteiger partial charge >= 0.3 is 0 Å². The van der Waals surface area contributed by atoms with E-state index in [1.807, 2.05) is 5.38 Å². The molecule has 1 aromatic heterocycles. The molecule has 1 unspecified atom stereocenters. The molecule has 2 rings (SSSR count). The van der Waals surface area contributed by atoms with E-state index in [1.165, 1.54) is 25.7 Å². The van der Waals surface area contributed by atoms with Gasteiger partial charge in [-0.05, 0) is 18.8 Å². The van der Waals surface area contributed by atoms with Gasteiger partial charge in [0.25, 0.3) is 0 Å². The molecule has 1 heterocycles. The third-order valence-electron chi connectivity index (χ3n) is 2.81. The van der Waals surface area contributed by atoms with Crippen LogP contribution in [0.3, 0.4) is 0 Å². The summed E-state index contributed by atoms with van der Waals surface area (Å²) in [6.45, 7) is 0. The first-order chi connectivity index (χ1) is 6.36. The fourth-order valence-electron chi connectivity index (χ4n) is 2.04. The lowest BCUT2D eigenvalue weighted by molar-refractivity contribution is 0.111. The molecule has 2 nitrogen and oxygen atoms in total. The predicted molar refractivity (Wildman–Crippen MR) is 53.8 cm³/mol. The van der Waals surface area contributed by atoms with Gasteiger partial charge in [-0.25, -0.2) is 4.98 Å². The molecule has 0 aliphatic heterocycles. The maximum atomic E-state index is 9.89. The van der Waals surface area contributed by atoms with Crippen LogP contribution >= 0.6 is 11.3 Å². The van der Waals surface area contributed by atoms with Crippen LogP contribution < -0.4 is 0 Å². The average Bonchev–Trinajstić information content (AvgIpc) is 2.74. The van der Waals surface area contributed by atoms with E-state index in [2.05, 4.69) is 4.98 Å². The fraction of sp³-hybridized carbons (Fsp3) is 0.700. The van der Waals surface area contributed by atoms with Crippen molar-refractivity contribution < 1.29 is 5.11 Å². The van der Waals surface area contributed by atoms with Crippen molar-refractivity contribution in [3.05, 3.63) is 16.6 Å². The molecule has 0 bridgehead atoms. The molecule has 1 aromatic rings. The highest BCUT2D eigenvalue weighted by Crippen LogP contribution is 2.29. The van der Waals surface area contributed by atoms with Crippen molar-refractivity contribution in [3.8, 4) is 0 Å². The highest BCUT2D eigenvalue weighted by atomic mass is 32.1. The number of hydrogen-bond donors (Lipinski definition) is 1. The summed E-state index contributed by atoms with van der Waals surface area (Å²) in [7, 11) is 0. The minimum Gasteiger partial charge on any atom is -0.392 e. The molecule has 0 saturated heterocycles. The lowest BCUT2D eigenvalue weighted by Gasteiger charge is -2.15. The molecule has 1 N–H and O–H groups in total. The highest BCUT2D eigenvalue weighted by molar-refractivity contribution is 7.09. The van der Waals surface area contributed by atoms with E-state index < -0.39 is 0 Å². The average molecular weight is 197 g/mol. The van der Waals surface area contributed by atoms with E-state index in [0.717, 1.165) is 11.4 Å². The van der Waals surface area contributed by atoms with Crippen LogP contribution in [0.2, 0.25) is 0 Å². The van der Waals surface area contributed by atoms with Crippen molar-refractivity contribution >= 4 is 11.3 Å². The Morgan fingerprint density at radius 1 is 1.54 bits per heavy atom. The summed E-state index contributed by atoms with van der Waals surface area (Å²) in [5.74, 6) is 0.531. The van der Waals surface area contributed by atoms with E-state index >= 15 is 0 Å². The van der Waals surface area contributed by atoms with Crippen molar-refractivity contribution in [2.24, 2.45) is 5.92 Å². The van der Waals surface area contributed by atoms with Crippen molar-refractivity contribution in [2.45, 2.75) is 38.2 Å². The standard InChI is InChI=1S/C10H15NOS/c12-9(8-3-1-2-4-8)7-10-11-5-6-13-10/h5-6,8-9,12H,1-4,7H2. The third-order valence-corrected chi connectivity index (χ3v) is 3.61. The number of aromatic nitrogens is 1. The number of rotatable bonds is 3. The molecule has 1 atom stereocenters. The fourth-order valence-corrected chi connectivity index (χ4v) is 2.71. The first kappa shape index (κ1) is 9.16. The van der Waals surface area contributed by atoms with Crippen LogP contribution in [0.25, 0.3) is 0 Å². The number of aliphatic hydroxyl groups excluding tert-OH is 1. The van der Waals surface area contributed by atoms with Gasteiger partial charge in [0.1, 0.15) is 0 Å². The van der Waals surface area contributed by atoms with Gasteiger partial charge in [0.15, 0.2) is 0 Å². The molecular weight excluding hydrogens is 182 g/mol. The summed E-state index contributed by atoms with van der Waals surface area (Å²) >= 11 is 1.64. The van der Waals surface area contributed by atoms with Gasteiger partial charge in [0.05, 0.1) is 11.1 Å². The van der Waals surface area contributed by atoms with E-state index in [1.54, 1.807) is 17.5 Å². The molecule has 1 aliphatic rings. The number of aliphatic hydroxyl groups is 1. The summed E-state index contributed by atoms with van der Waals surface area (Å²) in [5, 5.41) is 12.9. The van der Waals surface area contributed by atoms with E-state index in [-0.39, 0.29) is 6.10 Å². The van der Waals surface area contributed by atoms with Crippen LogP contribution in [-0.2, 0) is 6.42 Å². The molecule has 1 saturated carbocycles. The highest BCUT2D eigenvalue weighted by Gasteiger charge is 2.23. The lowest BCUT2D eigenvalue weighted by Crippen LogP contribution is -2.20. The first-order valence-electron chi connectivity index (χ1n) is 4.92. The molecule has 13 heavy (non-hydrogen) atoms. The zero-order valence-corrected chi connectivity index (χ0v) is 8.46. The van der Waals surface area contributed by atoms with E-state index in [9.17, 15) is 5.11 Å². The van der Waals surface area contributed by atoms with E-state index in [0.29, 0.717) is 5.92 Å². The minimum absolute atomic E-state index is 0.159. The Morgan fingerprint density at radius 2 is 2.31 bits per heavy atom. The predicted octanol–water partition coefficient (Wildman–Crippen LogP) is 2.24. The molecule has 1 aliphatic carbocycles. The van der Waals surface area contributed by atoms with Crippen LogP contribution in [0.15, 0.2) is 11.6 Å². The normalized spacial score (nSPS) is 20.7. The zero-order chi connectivity index (χ0) is 9.10. The van der Waals surface area contributed by atoms with Crippen LogP contribution in [0.1, 0.15) is 30.7 Å². The van der Waals surface area contributed by atoms with Crippen molar-refractivity contribution in [3.63, 3.8) is 0 Å². The smallest absolute Gasteiger partial charge is 0.0950 e. The van der Waals surface area contributed by atoms with E-state index in [4.69, 9.17) is 0 Å². The quantitative estimate of drug-likeness (QED) is 0.806. The van der Waals surface area contributed by atoms with Gasteiger partial charge in [0, 0.05) is 18.0 Å². The zero-order valence-electron chi connectivity index (χ0n) is 7.65. The Balaban J connectivity index is 1.87. The SMILES string of the molecule is OC(Cc1nccs1)C1CCCC1. The number of nitrogens with zero attached hydrogens (tertiary/aromatic N) is 1.